The maximum atomic E-state index is 12.0. The van der Waals surface area contributed by atoms with Crippen LogP contribution in [0, 0.1) is 12.3 Å². The van der Waals surface area contributed by atoms with Gasteiger partial charge in [-0.3, -0.25) is 4.79 Å². The number of carbonyl (C=O) groups excluding carboxylic acids is 1. The van der Waals surface area contributed by atoms with Crippen molar-refractivity contribution in [1.82, 2.24) is 0 Å². The van der Waals surface area contributed by atoms with Crippen LogP contribution in [-0.4, -0.2) is 5.91 Å². The van der Waals surface area contributed by atoms with E-state index in [1.807, 2.05) is 6.07 Å². The van der Waals surface area contributed by atoms with E-state index < -0.39 is 0 Å². The largest absolute Gasteiger partial charge is 1.00 e. The molecule has 0 fully saturated rings. The summed E-state index contributed by atoms with van der Waals surface area (Å²) in [4.78, 5) is 15.1. The lowest BCUT2D eigenvalue weighted by atomic mass is 10.1. The van der Waals surface area contributed by atoms with E-state index in [4.69, 9.17) is 17.0 Å². The van der Waals surface area contributed by atoms with Crippen LogP contribution < -0.4 is 17.7 Å². The van der Waals surface area contributed by atoms with E-state index in [1.165, 1.54) is 6.07 Å². The first-order valence-corrected chi connectivity index (χ1v) is 6.01. The Labute approximate surface area is 127 Å². The zero-order valence-electron chi connectivity index (χ0n) is 10.6. The Bertz CT molecular complexity index is 666. The lowest BCUT2D eigenvalue weighted by Gasteiger charge is -2.07. The zero-order chi connectivity index (χ0) is 13.8. The number of halogens is 2. The van der Waals surface area contributed by atoms with Gasteiger partial charge in [0.05, 0.1) is 16.8 Å². The number of diazo groups is 1. The van der Waals surface area contributed by atoms with Crippen LogP contribution in [0.4, 0.5) is 11.4 Å². The second-order valence-corrected chi connectivity index (χ2v) is 4.45. The highest BCUT2D eigenvalue weighted by atomic mass is 35.5. The molecule has 0 aromatic heterocycles. The van der Waals surface area contributed by atoms with Crippen LogP contribution in [0.3, 0.4) is 0 Å². The molecule has 0 unspecified atom stereocenters. The normalized spacial score (nSPS) is 9.25. The molecule has 0 aliphatic rings. The summed E-state index contributed by atoms with van der Waals surface area (Å²) in [7, 11) is 0. The minimum atomic E-state index is -0.240. The highest BCUT2D eigenvalue weighted by Crippen LogP contribution is 2.30. The third-order valence-electron chi connectivity index (χ3n) is 2.68. The van der Waals surface area contributed by atoms with Crippen molar-refractivity contribution < 1.29 is 17.2 Å². The van der Waals surface area contributed by atoms with Crippen LogP contribution in [0.15, 0.2) is 42.5 Å². The molecule has 0 bridgehead atoms. The van der Waals surface area contributed by atoms with Crippen LogP contribution in [0.25, 0.3) is 4.98 Å². The third-order valence-corrected chi connectivity index (χ3v) is 2.99. The number of hydrogen-bond acceptors (Lipinski definition) is 2. The van der Waals surface area contributed by atoms with Gasteiger partial charge in [0, 0.05) is 11.1 Å². The second-order valence-electron chi connectivity index (χ2n) is 4.04. The Morgan fingerprint density at radius 2 is 1.90 bits per heavy atom. The lowest BCUT2D eigenvalue weighted by Crippen LogP contribution is -3.00. The molecule has 0 saturated heterocycles. The van der Waals surface area contributed by atoms with Gasteiger partial charge < -0.3 is 17.7 Å². The first kappa shape index (κ1) is 16.0. The molecule has 0 heterocycles. The molecule has 0 aliphatic carbocycles. The molecule has 2 aromatic carbocycles. The number of hydrogen-bond donors (Lipinski definition) is 1. The molecule has 2 rings (SSSR count). The van der Waals surface area contributed by atoms with Crippen molar-refractivity contribution in [1.29, 1.82) is 5.39 Å². The summed E-state index contributed by atoms with van der Waals surface area (Å²) < 4.78 is 0. The number of nitrogens with one attached hydrogen (secondary N) is 1. The lowest BCUT2D eigenvalue weighted by molar-refractivity contribution is -0.0000116. The minimum absolute atomic E-state index is 0. The standard InChI is InChI=1S/C14H10ClN3O.ClH/c1-9-7-13(11(15)8-12(9)18-16)17-14(19)10-5-3-2-4-6-10;/h2-8H,1H3;1H. The summed E-state index contributed by atoms with van der Waals surface area (Å²) in [6.07, 6.45) is 0. The van der Waals surface area contributed by atoms with E-state index >= 15 is 0 Å². The van der Waals surface area contributed by atoms with Gasteiger partial charge in [-0.05, 0) is 25.1 Å². The Morgan fingerprint density at radius 3 is 2.50 bits per heavy atom. The molecule has 4 nitrogen and oxygen atoms in total. The van der Waals surface area contributed by atoms with Gasteiger partial charge in [0.15, 0.2) is 4.98 Å². The molecule has 20 heavy (non-hydrogen) atoms. The Morgan fingerprint density at radius 1 is 1.25 bits per heavy atom. The van der Waals surface area contributed by atoms with E-state index in [2.05, 4.69) is 10.3 Å². The monoisotopic (exact) mass is 307 g/mol. The topological polar surface area (TPSA) is 57.2 Å². The fraction of sp³-hybridized carbons (Fsp3) is 0.0714. The van der Waals surface area contributed by atoms with Crippen LogP contribution in [-0.2, 0) is 0 Å². The average Bonchev–Trinajstić information content (AvgIpc) is 2.43. The Balaban J connectivity index is 0.00000200. The quantitative estimate of drug-likeness (QED) is 0.852. The summed E-state index contributed by atoms with van der Waals surface area (Å²) in [6, 6.07) is 12.0. The molecule has 2 aromatic rings. The van der Waals surface area contributed by atoms with E-state index in [0.29, 0.717) is 22.0 Å². The molecule has 0 atom stereocenters. The van der Waals surface area contributed by atoms with Crippen molar-refractivity contribution >= 4 is 28.9 Å². The van der Waals surface area contributed by atoms with Crippen LogP contribution >= 0.6 is 11.6 Å². The van der Waals surface area contributed by atoms with Gasteiger partial charge in [-0.25, -0.2) is 0 Å². The maximum absolute atomic E-state index is 12.0. The van der Waals surface area contributed by atoms with Gasteiger partial charge >= 0.3 is 5.69 Å². The van der Waals surface area contributed by atoms with Crippen LogP contribution in [0.1, 0.15) is 15.9 Å². The zero-order valence-corrected chi connectivity index (χ0v) is 12.1. The number of benzene rings is 2. The Hall–Kier alpha value is -2.09. The number of amides is 1. The van der Waals surface area contributed by atoms with Crippen molar-refractivity contribution in [2.45, 2.75) is 6.92 Å². The first-order chi connectivity index (χ1) is 9.11. The maximum Gasteiger partial charge on any atom is 0.389 e. The SMILES string of the molecule is Cc1cc(NC(=O)c2ccccc2)c(Cl)cc1[N+]#N.[Cl-]. The summed E-state index contributed by atoms with van der Waals surface area (Å²) in [5, 5.41) is 11.8. The fourth-order valence-electron chi connectivity index (χ4n) is 1.66. The van der Waals surface area contributed by atoms with Gasteiger partial charge in [0.1, 0.15) is 0 Å². The molecule has 0 spiro atoms. The summed E-state index contributed by atoms with van der Waals surface area (Å²) >= 11 is 6.03. The molecule has 0 aliphatic heterocycles. The van der Waals surface area contributed by atoms with Crippen LogP contribution in [0.2, 0.25) is 5.02 Å². The van der Waals surface area contributed by atoms with Gasteiger partial charge in [-0.2, -0.15) is 0 Å². The van der Waals surface area contributed by atoms with Gasteiger partial charge in [0.2, 0.25) is 5.39 Å². The summed E-state index contributed by atoms with van der Waals surface area (Å²) in [6.45, 7) is 1.77. The van der Waals surface area contributed by atoms with E-state index in [-0.39, 0.29) is 18.3 Å². The van der Waals surface area contributed by atoms with Crippen molar-refractivity contribution in [2.24, 2.45) is 0 Å². The number of rotatable bonds is 2. The predicted octanol–water partition coefficient (Wildman–Crippen LogP) is 1.39. The third kappa shape index (κ3) is 3.47. The number of carbonyl (C=O) groups is 1. The second kappa shape index (κ2) is 6.90. The van der Waals surface area contributed by atoms with E-state index in [1.54, 1.807) is 37.3 Å². The van der Waals surface area contributed by atoms with Crippen LogP contribution in [0.5, 0.6) is 0 Å². The molecule has 1 amide bonds. The van der Waals surface area contributed by atoms with Gasteiger partial charge in [-0.15, -0.1) is 0 Å². The van der Waals surface area contributed by atoms with Crippen molar-refractivity contribution in [3.63, 3.8) is 0 Å². The predicted molar refractivity (Wildman–Crippen MR) is 75.3 cm³/mol. The first-order valence-electron chi connectivity index (χ1n) is 5.63. The number of nitrogens with zero attached hydrogens (tertiary/aromatic N) is 2. The van der Waals surface area contributed by atoms with E-state index in [0.717, 1.165) is 5.56 Å². The minimum Gasteiger partial charge on any atom is -1.00 e. The Kier molecular flexibility index (Phi) is 5.51. The smallest absolute Gasteiger partial charge is 0.389 e. The molecule has 1 N–H and O–H groups in total. The van der Waals surface area contributed by atoms with Gasteiger partial charge in [-0.1, -0.05) is 29.8 Å². The van der Waals surface area contributed by atoms with Gasteiger partial charge in [0.25, 0.3) is 5.91 Å². The molecular formula is C14H11Cl2N3O. The highest BCUT2D eigenvalue weighted by molar-refractivity contribution is 6.34. The summed E-state index contributed by atoms with van der Waals surface area (Å²) in [5.41, 5.74) is 2.13. The molecule has 0 saturated carbocycles. The van der Waals surface area contributed by atoms with Crippen molar-refractivity contribution in [3.05, 3.63) is 63.6 Å². The fourth-order valence-corrected chi connectivity index (χ4v) is 1.86. The molecule has 6 heteroatoms. The van der Waals surface area contributed by atoms with Crippen molar-refractivity contribution in [3.8, 4) is 0 Å². The number of anilines is 1. The van der Waals surface area contributed by atoms with Crippen molar-refractivity contribution in [2.75, 3.05) is 5.32 Å². The van der Waals surface area contributed by atoms with E-state index in [9.17, 15) is 4.79 Å². The molecule has 102 valence electrons. The number of aryl methyl sites for hydroxylation is 1. The highest BCUT2D eigenvalue weighted by Gasteiger charge is 2.16. The summed E-state index contributed by atoms with van der Waals surface area (Å²) in [5.74, 6) is -0.240. The average molecular weight is 308 g/mol. The molecular weight excluding hydrogens is 297 g/mol. The molecule has 0 radical (unpaired) electrons.